The Bertz CT molecular complexity index is 1220. The molecule has 1 N–H and O–H groups in total. The molecule has 3 aromatic rings. The van der Waals surface area contributed by atoms with E-state index in [4.69, 9.17) is 4.52 Å². The molecule has 0 atom stereocenters. The fraction of sp³-hybridized carbons (Fsp3) is 0.318. The van der Waals surface area contributed by atoms with Crippen LogP contribution in [0.25, 0.3) is 12.2 Å². The van der Waals surface area contributed by atoms with E-state index in [2.05, 4.69) is 15.5 Å². The maximum atomic E-state index is 13.3. The van der Waals surface area contributed by atoms with Gasteiger partial charge in [-0.1, -0.05) is 11.2 Å². The summed E-state index contributed by atoms with van der Waals surface area (Å²) in [6.07, 6.45) is 5.95. The van der Waals surface area contributed by atoms with Crippen molar-refractivity contribution in [3.63, 3.8) is 0 Å². The molecule has 3 aromatic heterocycles. The van der Waals surface area contributed by atoms with E-state index >= 15 is 0 Å². The second-order valence-corrected chi connectivity index (χ2v) is 10.6. The van der Waals surface area contributed by atoms with Crippen molar-refractivity contribution >= 4 is 45.2 Å². The molecule has 1 amide bonds. The van der Waals surface area contributed by atoms with E-state index < -0.39 is 10.0 Å². The molecular formula is C22H24N4O4S2. The number of carbonyl (C=O) groups excluding carboxylic acids is 1. The maximum absolute atomic E-state index is 13.3. The largest absolute Gasteiger partial charge is 0.355 e. The van der Waals surface area contributed by atoms with Gasteiger partial charge in [0.1, 0.15) is 11.5 Å². The summed E-state index contributed by atoms with van der Waals surface area (Å²) < 4.78 is 33.4. The van der Waals surface area contributed by atoms with Gasteiger partial charge in [0.2, 0.25) is 15.9 Å². The van der Waals surface area contributed by atoms with Crippen molar-refractivity contribution in [3.05, 3.63) is 57.7 Å². The molecule has 0 radical (unpaired) electrons. The van der Waals surface area contributed by atoms with Crippen LogP contribution >= 0.6 is 11.3 Å². The van der Waals surface area contributed by atoms with Crippen LogP contribution in [0.4, 0.5) is 5.82 Å². The normalized spacial score (nSPS) is 15.9. The second-order valence-electron chi connectivity index (χ2n) is 7.70. The van der Waals surface area contributed by atoms with Gasteiger partial charge < -0.3 is 9.84 Å². The first kappa shape index (κ1) is 22.4. The number of rotatable bonds is 6. The van der Waals surface area contributed by atoms with Gasteiger partial charge in [-0.3, -0.25) is 4.79 Å². The van der Waals surface area contributed by atoms with Crippen molar-refractivity contribution in [1.29, 1.82) is 0 Å². The third kappa shape index (κ3) is 4.82. The van der Waals surface area contributed by atoms with Crippen molar-refractivity contribution in [2.45, 2.75) is 31.6 Å². The van der Waals surface area contributed by atoms with Crippen molar-refractivity contribution in [1.82, 2.24) is 14.4 Å². The molecule has 32 heavy (non-hydrogen) atoms. The zero-order valence-corrected chi connectivity index (χ0v) is 19.4. The number of nitrogens with one attached hydrogen (secondary N) is 1. The monoisotopic (exact) mass is 472 g/mol. The highest BCUT2D eigenvalue weighted by Crippen LogP contribution is 2.29. The molecule has 0 aromatic carbocycles. The maximum Gasteiger partial charge on any atom is 0.248 e. The molecule has 0 saturated carbocycles. The average Bonchev–Trinajstić information content (AvgIpc) is 3.42. The van der Waals surface area contributed by atoms with Gasteiger partial charge in [-0.15, -0.1) is 11.3 Å². The van der Waals surface area contributed by atoms with Crippen molar-refractivity contribution in [2.24, 2.45) is 5.92 Å². The summed E-state index contributed by atoms with van der Waals surface area (Å²) in [7, 11) is -3.80. The van der Waals surface area contributed by atoms with Crippen LogP contribution in [-0.2, 0) is 14.8 Å². The van der Waals surface area contributed by atoms with E-state index in [1.165, 1.54) is 4.31 Å². The van der Waals surface area contributed by atoms with Gasteiger partial charge >= 0.3 is 0 Å². The predicted molar refractivity (Wildman–Crippen MR) is 124 cm³/mol. The molecule has 4 heterocycles. The van der Waals surface area contributed by atoms with Crippen LogP contribution in [0.15, 0.2) is 45.3 Å². The number of nitrogens with zero attached hydrogens (tertiary/aromatic N) is 3. The number of hydrogen-bond donors (Lipinski definition) is 1. The number of carbonyl (C=O) groups is 1. The van der Waals surface area contributed by atoms with Crippen LogP contribution in [0.2, 0.25) is 0 Å². The Morgan fingerprint density at radius 3 is 2.72 bits per heavy atom. The van der Waals surface area contributed by atoms with Gasteiger partial charge in [0.25, 0.3) is 0 Å². The van der Waals surface area contributed by atoms with Crippen LogP contribution < -0.4 is 5.32 Å². The second kappa shape index (κ2) is 9.35. The fourth-order valence-electron chi connectivity index (χ4n) is 3.66. The number of hydrogen-bond acceptors (Lipinski definition) is 7. The van der Waals surface area contributed by atoms with Gasteiger partial charge in [-0.05, 0) is 68.0 Å². The summed E-state index contributed by atoms with van der Waals surface area (Å²) in [6, 6.07) is 7.51. The summed E-state index contributed by atoms with van der Waals surface area (Å²) in [4.78, 5) is 17.8. The van der Waals surface area contributed by atoms with E-state index in [-0.39, 0.29) is 35.6 Å². The molecule has 4 rings (SSSR count). The Morgan fingerprint density at radius 2 is 2.03 bits per heavy atom. The third-order valence-electron chi connectivity index (χ3n) is 5.36. The molecule has 0 unspecified atom stereocenters. The lowest BCUT2D eigenvalue weighted by atomic mass is 9.97. The van der Waals surface area contributed by atoms with Gasteiger partial charge in [0, 0.05) is 30.1 Å². The van der Waals surface area contributed by atoms with Crippen LogP contribution in [0.3, 0.4) is 0 Å². The first-order valence-corrected chi connectivity index (χ1v) is 12.6. The first-order valence-electron chi connectivity index (χ1n) is 10.3. The Kier molecular flexibility index (Phi) is 6.54. The van der Waals surface area contributed by atoms with Crippen LogP contribution in [0.5, 0.6) is 0 Å². The SMILES string of the molecule is Cc1ccnc(NC(=O)C2CCN(S(=O)(=O)c3c(C)noc3C=Cc3cccs3)CC2)c1. The number of aromatic nitrogens is 2. The van der Waals surface area contributed by atoms with Gasteiger partial charge in [-0.2, -0.15) is 4.31 Å². The summed E-state index contributed by atoms with van der Waals surface area (Å²) in [5.74, 6) is 0.306. The van der Waals surface area contributed by atoms with E-state index in [0.717, 1.165) is 10.4 Å². The summed E-state index contributed by atoms with van der Waals surface area (Å²) in [6.45, 7) is 4.05. The Balaban J connectivity index is 1.44. The number of anilines is 1. The Labute approximate surface area is 191 Å². The standard InChI is InChI=1S/C22H24N4O4S2/c1-15-7-10-23-20(14-15)24-22(27)17-8-11-26(12-9-17)32(28,29)21-16(2)25-30-19(21)6-5-18-4-3-13-31-18/h3-7,10,13-14,17H,8-9,11-12H2,1-2H3,(H,23,24,27). The molecule has 0 spiro atoms. The highest BCUT2D eigenvalue weighted by atomic mass is 32.2. The average molecular weight is 473 g/mol. The Hall–Kier alpha value is -2.82. The zero-order chi connectivity index (χ0) is 22.7. The molecule has 168 valence electrons. The van der Waals surface area contributed by atoms with E-state index in [0.29, 0.717) is 24.4 Å². The van der Waals surface area contributed by atoms with E-state index in [9.17, 15) is 13.2 Å². The minimum atomic E-state index is -3.80. The number of amides is 1. The molecule has 1 fully saturated rings. The zero-order valence-electron chi connectivity index (χ0n) is 17.8. The molecule has 0 aliphatic carbocycles. The third-order valence-corrected chi connectivity index (χ3v) is 8.26. The van der Waals surface area contributed by atoms with Crippen LogP contribution in [-0.4, -0.2) is 41.9 Å². The van der Waals surface area contributed by atoms with Gasteiger partial charge in [0.15, 0.2) is 10.7 Å². The molecule has 1 aliphatic rings. The summed E-state index contributed by atoms with van der Waals surface area (Å²) in [5, 5.41) is 8.65. The topological polar surface area (TPSA) is 105 Å². The number of aryl methyl sites for hydroxylation is 2. The van der Waals surface area contributed by atoms with E-state index in [1.807, 2.05) is 30.5 Å². The minimum Gasteiger partial charge on any atom is -0.355 e. The number of sulfonamides is 1. The highest BCUT2D eigenvalue weighted by molar-refractivity contribution is 7.89. The van der Waals surface area contributed by atoms with Crippen molar-refractivity contribution in [3.8, 4) is 0 Å². The summed E-state index contributed by atoms with van der Waals surface area (Å²) >= 11 is 1.54. The van der Waals surface area contributed by atoms with Gasteiger partial charge in [0.05, 0.1) is 0 Å². The van der Waals surface area contributed by atoms with Crippen molar-refractivity contribution in [2.75, 3.05) is 18.4 Å². The lowest BCUT2D eigenvalue weighted by Gasteiger charge is -2.30. The molecule has 0 bridgehead atoms. The fourth-order valence-corrected chi connectivity index (χ4v) is 6.00. The number of piperidine rings is 1. The van der Waals surface area contributed by atoms with Gasteiger partial charge in [-0.25, -0.2) is 13.4 Å². The van der Waals surface area contributed by atoms with Crippen molar-refractivity contribution < 1.29 is 17.7 Å². The molecular weight excluding hydrogens is 448 g/mol. The summed E-state index contributed by atoms with van der Waals surface area (Å²) in [5.41, 5.74) is 1.32. The molecule has 1 saturated heterocycles. The molecule has 10 heteroatoms. The number of pyridine rings is 1. The minimum absolute atomic E-state index is 0.0807. The molecule has 1 aliphatic heterocycles. The lowest BCUT2D eigenvalue weighted by Crippen LogP contribution is -2.41. The quantitative estimate of drug-likeness (QED) is 0.582. The first-order chi connectivity index (χ1) is 15.3. The van der Waals surface area contributed by atoms with E-state index in [1.54, 1.807) is 42.7 Å². The smallest absolute Gasteiger partial charge is 0.248 e. The predicted octanol–water partition coefficient (Wildman–Crippen LogP) is 3.96. The molecule has 8 nitrogen and oxygen atoms in total. The Morgan fingerprint density at radius 1 is 1.25 bits per heavy atom. The van der Waals surface area contributed by atoms with Crippen LogP contribution in [0, 0.1) is 19.8 Å². The highest BCUT2D eigenvalue weighted by Gasteiger charge is 2.36. The lowest BCUT2D eigenvalue weighted by molar-refractivity contribution is -0.120. The number of thiophene rings is 1. The van der Waals surface area contributed by atoms with Crippen LogP contribution in [0.1, 0.15) is 34.7 Å².